The Labute approximate surface area is 125 Å². The van der Waals surface area contributed by atoms with Crippen LogP contribution in [0.5, 0.6) is 0 Å². The number of fused-ring (bicyclic) bond motifs is 1. The van der Waals surface area contributed by atoms with Gasteiger partial charge in [-0.3, -0.25) is 0 Å². The van der Waals surface area contributed by atoms with E-state index in [-0.39, 0.29) is 6.61 Å². The molecular weight excluding hydrogens is 260 g/mol. The summed E-state index contributed by atoms with van der Waals surface area (Å²) in [6.07, 6.45) is 2.15. The highest BCUT2D eigenvalue weighted by molar-refractivity contribution is 5.73. The fraction of sp³-hybridized carbons (Fsp3) is 0.278. The molecule has 0 fully saturated rings. The molecule has 1 heterocycles. The van der Waals surface area contributed by atoms with E-state index in [1.807, 2.05) is 18.2 Å². The summed E-state index contributed by atoms with van der Waals surface area (Å²) >= 11 is 0. The Morgan fingerprint density at radius 3 is 2.81 bits per heavy atom. The van der Waals surface area contributed by atoms with Gasteiger partial charge in [0.1, 0.15) is 6.07 Å². The molecule has 1 N–H and O–H groups in total. The molecule has 21 heavy (non-hydrogen) atoms. The molecule has 2 aromatic rings. The first kappa shape index (κ1) is 13.7. The first-order chi connectivity index (χ1) is 10.2. The molecule has 3 nitrogen and oxygen atoms in total. The van der Waals surface area contributed by atoms with Crippen molar-refractivity contribution in [3.05, 3.63) is 59.2 Å². The molecule has 0 aliphatic carbocycles. The van der Waals surface area contributed by atoms with Crippen LogP contribution in [0.4, 0.5) is 11.4 Å². The van der Waals surface area contributed by atoms with Crippen molar-refractivity contribution in [3.63, 3.8) is 0 Å². The maximum atomic E-state index is 9.44. The molecule has 1 aliphatic heterocycles. The van der Waals surface area contributed by atoms with Crippen molar-refractivity contribution in [3.8, 4) is 6.07 Å². The van der Waals surface area contributed by atoms with Crippen molar-refractivity contribution in [2.75, 3.05) is 4.90 Å². The molecule has 3 heteroatoms. The maximum Gasteiger partial charge on any atom is 0.101 e. The fourth-order valence-corrected chi connectivity index (χ4v) is 3.04. The van der Waals surface area contributed by atoms with E-state index in [1.54, 1.807) is 6.07 Å². The third-order valence-electron chi connectivity index (χ3n) is 4.15. The van der Waals surface area contributed by atoms with Gasteiger partial charge >= 0.3 is 0 Å². The lowest BCUT2D eigenvalue weighted by atomic mass is 9.95. The number of benzene rings is 2. The zero-order valence-electron chi connectivity index (χ0n) is 12.1. The van der Waals surface area contributed by atoms with E-state index in [9.17, 15) is 10.4 Å². The quantitative estimate of drug-likeness (QED) is 0.914. The van der Waals surface area contributed by atoms with Gasteiger partial charge < -0.3 is 10.0 Å². The minimum atomic E-state index is -0.0406. The van der Waals surface area contributed by atoms with Crippen LogP contribution in [0.15, 0.2) is 42.5 Å². The van der Waals surface area contributed by atoms with Crippen LogP contribution in [0, 0.1) is 11.3 Å². The van der Waals surface area contributed by atoms with E-state index in [2.05, 4.69) is 36.1 Å². The average molecular weight is 278 g/mol. The van der Waals surface area contributed by atoms with Crippen LogP contribution in [-0.4, -0.2) is 11.1 Å². The number of nitrogens with zero attached hydrogens (tertiary/aromatic N) is 2. The topological polar surface area (TPSA) is 47.3 Å². The predicted molar refractivity (Wildman–Crippen MR) is 83.4 cm³/mol. The first-order valence-electron chi connectivity index (χ1n) is 7.25. The van der Waals surface area contributed by atoms with Gasteiger partial charge in [0.2, 0.25) is 0 Å². The minimum Gasteiger partial charge on any atom is -0.392 e. The number of hydrogen-bond donors (Lipinski definition) is 1. The predicted octanol–water partition coefficient (Wildman–Crippen LogP) is 3.52. The lowest BCUT2D eigenvalue weighted by Gasteiger charge is -2.37. The van der Waals surface area contributed by atoms with Gasteiger partial charge in [-0.15, -0.1) is 0 Å². The van der Waals surface area contributed by atoms with Crippen LogP contribution in [0.3, 0.4) is 0 Å². The van der Waals surface area contributed by atoms with Crippen LogP contribution in [0.1, 0.15) is 30.0 Å². The van der Waals surface area contributed by atoms with Gasteiger partial charge in [0.15, 0.2) is 0 Å². The van der Waals surface area contributed by atoms with E-state index >= 15 is 0 Å². The number of para-hydroxylation sites is 1. The van der Waals surface area contributed by atoms with Crippen LogP contribution < -0.4 is 4.90 Å². The summed E-state index contributed by atoms with van der Waals surface area (Å²) in [4.78, 5) is 2.25. The van der Waals surface area contributed by atoms with Gasteiger partial charge in [0.25, 0.3) is 0 Å². The number of nitriles is 1. The van der Waals surface area contributed by atoms with Gasteiger partial charge in [-0.2, -0.15) is 5.26 Å². The van der Waals surface area contributed by atoms with E-state index in [0.717, 1.165) is 24.1 Å². The smallest absolute Gasteiger partial charge is 0.101 e. The second kappa shape index (κ2) is 5.59. The molecule has 0 radical (unpaired) electrons. The molecule has 106 valence electrons. The molecule has 0 saturated heterocycles. The highest BCUT2D eigenvalue weighted by Crippen LogP contribution is 2.38. The van der Waals surface area contributed by atoms with E-state index in [0.29, 0.717) is 11.6 Å². The van der Waals surface area contributed by atoms with Crippen molar-refractivity contribution < 1.29 is 5.11 Å². The summed E-state index contributed by atoms with van der Waals surface area (Å²) in [7, 11) is 0. The number of aliphatic hydroxyl groups excluding tert-OH is 1. The number of hydrogen-bond acceptors (Lipinski definition) is 3. The molecule has 2 aromatic carbocycles. The average Bonchev–Trinajstić information content (AvgIpc) is 2.54. The molecule has 1 atom stereocenters. The Kier molecular flexibility index (Phi) is 3.64. The highest BCUT2D eigenvalue weighted by Gasteiger charge is 2.25. The fourth-order valence-electron chi connectivity index (χ4n) is 3.04. The lowest BCUT2D eigenvalue weighted by molar-refractivity contribution is 0.282. The standard InChI is InChI=1S/C18H18N2O/c1-13-6-8-15-4-2-3-5-17(15)20(13)18-9-7-14(12-21)10-16(18)11-19/h2-5,7,9-10,13,21H,6,8,12H2,1H3. The zero-order chi connectivity index (χ0) is 14.8. The molecule has 0 saturated carbocycles. The Balaban J connectivity index is 2.14. The van der Waals surface area contributed by atoms with Crippen molar-refractivity contribution in [1.82, 2.24) is 0 Å². The van der Waals surface area contributed by atoms with E-state index in [1.165, 1.54) is 11.3 Å². The third-order valence-corrected chi connectivity index (χ3v) is 4.15. The van der Waals surface area contributed by atoms with Crippen molar-refractivity contribution in [1.29, 1.82) is 5.26 Å². The lowest BCUT2D eigenvalue weighted by Crippen LogP contribution is -2.33. The summed E-state index contributed by atoms with van der Waals surface area (Å²) in [5.74, 6) is 0. The van der Waals surface area contributed by atoms with E-state index in [4.69, 9.17) is 0 Å². The first-order valence-corrected chi connectivity index (χ1v) is 7.25. The SMILES string of the molecule is CC1CCc2ccccc2N1c1ccc(CO)cc1C#N. The molecule has 1 unspecified atom stereocenters. The van der Waals surface area contributed by atoms with E-state index < -0.39 is 0 Å². The molecule has 0 bridgehead atoms. The zero-order valence-corrected chi connectivity index (χ0v) is 12.1. The molecule has 0 amide bonds. The molecule has 0 aromatic heterocycles. The van der Waals surface area contributed by atoms with Crippen LogP contribution in [-0.2, 0) is 13.0 Å². The largest absolute Gasteiger partial charge is 0.392 e. The second-order valence-corrected chi connectivity index (χ2v) is 5.51. The van der Waals surface area contributed by atoms with Gasteiger partial charge in [0.05, 0.1) is 17.9 Å². The maximum absolute atomic E-state index is 9.44. The summed E-state index contributed by atoms with van der Waals surface area (Å²) in [6.45, 7) is 2.15. The number of aryl methyl sites for hydroxylation is 1. The van der Waals surface area contributed by atoms with Crippen LogP contribution in [0.2, 0.25) is 0 Å². The van der Waals surface area contributed by atoms with Crippen molar-refractivity contribution >= 4 is 11.4 Å². The summed E-state index contributed by atoms with van der Waals surface area (Å²) in [6, 6.07) is 16.6. The highest BCUT2D eigenvalue weighted by atomic mass is 16.3. The van der Waals surface area contributed by atoms with Crippen LogP contribution in [0.25, 0.3) is 0 Å². The molecule has 0 spiro atoms. The molecule has 1 aliphatic rings. The van der Waals surface area contributed by atoms with Crippen LogP contribution >= 0.6 is 0 Å². The third kappa shape index (κ3) is 2.39. The second-order valence-electron chi connectivity index (χ2n) is 5.51. The Bertz CT molecular complexity index is 703. The number of rotatable bonds is 2. The Hall–Kier alpha value is -2.31. The normalized spacial score (nSPS) is 17.2. The number of aliphatic hydroxyl groups is 1. The Morgan fingerprint density at radius 1 is 1.24 bits per heavy atom. The molecular formula is C18H18N2O. The summed E-state index contributed by atoms with van der Waals surface area (Å²) < 4.78 is 0. The molecule has 3 rings (SSSR count). The van der Waals surface area contributed by atoms with Gasteiger partial charge in [0, 0.05) is 11.7 Å². The Morgan fingerprint density at radius 2 is 2.05 bits per heavy atom. The van der Waals surface area contributed by atoms with Gasteiger partial charge in [-0.05, 0) is 49.1 Å². The van der Waals surface area contributed by atoms with Gasteiger partial charge in [-0.25, -0.2) is 0 Å². The van der Waals surface area contributed by atoms with Crippen molar-refractivity contribution in [2.24, 2.45) is 0 Å². The van der Waals surface area contributed by atoms with Gasteiger partial charge in [-0.1, -0.05) is 24.3 Å². The minimum absolute atomic E-state index is 0.0406. The summed E-state index contributed by atoms with van der Waals surface area (Å²) in [5, 5.41) is 18.7. The number of anilines is 2. The van der Waals surface area contributed by atoms with Crippen molar-refractivity contribution in [2.45, 2.75) is 32.4 Å². The monoisotopic (exact) mass is 278 g/mol. The summed E-state index contributed by atoms with van der Waals surface area (Å²) in [5.41, 5.74) is 4.82.